The first-order valence-electron chi connectivity index (χ1n) is 6.05. The van der Waals surface area contributed by atoms with Crippen molar-refractivity contribution in [2.24, 2.45) is 0 Å². The van der Waals surface area contributed by atoms with E-state index in [4.69, 9.17) is 4.74 Å². The molecule has 0 bridgehead atoms. The first-order chi connectivity index (χ1) is 9.20. The minimum atomic E-state index is -0.408. The third-order valence-corrected chi connectivity index (χ3v) is 2.59. The summed E-state index contributed by atoms with van der Waals surface area (Å²) in [4.78, 5) is 16.0. The molecule has 2 N–H and O–H groups in total. The molecule has 7 heteroatoms. The summed E-state index contributed by atoms with van der Waals surface area (Å²) in [5.74, 6) is 0.316. The number of ether oxygens (including phenoxy) is 1. The average Bonchev–Trinajstić information content (AvgIpc) is 2.80. The number of fused-ring (bicyclic) bond motifs is 1. The molecule has 102 valence electrons. The lowest BCUT2D eigenvalue weighted by atomic mass is 10.3. The van der Waals surface area contributed by atoms with Crippen LogP contribution in [-0.4, -0.2) is 46.8 Å². The molecule has 19 heavy (non-hydrogen) atoms. The Hall–Kier alpha value is -2.15. The van der Waals surface area contributed by atoms with Crippen molar-refractivity contribution in [2.45, 2.75) is 13.0 Å². The molecule has 2 rings (SSSR count). The van der Waals surface area contributed by atoms with Gasteiger partial charge in [0.25, 0.3) is 0 Å². The van der Waals surface area contributed by atoms with Gasteiger partial charge >= 0.3 is 0 Å². The second kappa shape index (κ2) is 6.14. The molecule has 0 spiro atoms. The molecule has 1 atom stereocenters. The summed E-state index contributed by atoms with van der Waals surface area (Å²) in [6.45, 7) is 2.73. The molecule has 1 unspecified atom stereocenters. The lowest BCUT2D eigenvalue weighted by molar-refractivity contribution is -0.121. The molecular formula is C12H17N5O2. The second-order valence-corrected chi connectivity index (χ2v) is 4.09. The van der Waals surface area contributed by atoms with Gasteiger partial charge in [-0.15, -0.1) is 5.10 Å². The van der Waals surface area contributed by atoms with Gasteiger partial charge in [-0.3, -0.25) is 4.79 Å². The van der Waals surface area contributed by atoms with Crippen molar-refractivity contribution in [2.75, 3.05) is 25.6 Å². The fraction of sp³-hybridized carbons (Fsp3) is 0.417. The van der Waals surface area contributed by atoms with Gasteiger partial charge in [-0.25, -0.2) is 4.52 Å². The van der Waals surface area contributed by atoms with E-state index in [0.717, 1.165) is 5.65 Å². The van der Waals surface area contributed by atoms with Crippen LogP contribution in [0.25, 0.3) is 5.65 Å². The number of hydrogen-bond acceptors (Lipinski definition) is 5. The number of aromatic nitrogens is 3. The van der Waals surface area contributed by atoms with Gasteiger partial charge < -0.3 is 15.4 Å². The minimum absolute atomic E-state index is 0.115. The number of nitrogens with one attached hydrogen (secondary N) is 2. The maximum Gasteiger partial charge on any atom is 0.243 e. The third kappa shape index (κ3) is 3.41. The number of anilines is 1. The zero-order valence-corrected chi connectivity index (χ0v) is 11.0. The zero-order valence-electron chi connectivity index (χ0n) is 11.0. The lowest BCUT2D eigenvalue weighted by Crippen LogP contribution is -2.39. The number of rotatable bonds is 6. The molecular weight excluding hydrogens is 246 g/mol. The van der Waals surface area contributed by atoms with Gasteiger partial charge in [0.15, 0.2) is 5.65 Å². The van der Waals surface area contributed by atoms with Crippen LogP contribution in [0.5, 0.6) is 0 Å². The smallest absolute Gasteiger partial charge is 0.243 e. The van der Waals surface area contributed by atoms with Crippen LogP contribution in [0.3, 0.4) is 0 Å². The van der Waals surface area contributed by atoms with Crippen LogP contribution in [-0.2, 0) is 9.53 Å². The van der Waals surface area contributed by atoms with E-state index in [1.165, 1.54) is 0 Å². The van der Waals surface area contributed by atoms with E-state index < -0.39 is 6.04 Å². The Bertz CT molecular complexity index is 521. The Balaban J connectivity index is 1.94. The normalized spacial score (nSPS) is 12.3. The van der Waals surface area contributed by atoms with E-state index in [0.29, 0.717) is 19.1 Å². The van der Waals surface area contributed by atoms with E-state index in [1.807, 2.05) is 18.2 Å². The fourth-order valence-corrected chi connectivity index (χ4v) is 1.58. The summed E-state index contributed by atoms with van der Waals surface area (Å²) in [7, 11) is 1.59. The number of methoxy groups -OCH3 is 1. The van der Waals surface area contributed by atoms with Gasteiger partial charge in [0, 0.05) is 19.9 Å². The first kappa shape index (κ1) is 13.3. The summed E-state index contributed by atoms with van der Waals surface area (Å²) >= 11 is 0. The highest BCUT2D eigenvalue weighted by molar-refractivity contribution is 5.83. The Kier molecular flexibility index (Phi) is 4.30. The fourth-order valence-electron chi connectivity index (χ4n) is 1.58. The SMILES string of the molecule is COCCNC(=O)C(C)Nc1nc2ccccn2n1. The second-order valence-electron chi connectivity index (χ2n) is 4.09. The van der Waals surface area contributed by atoms with Crippen molar-refractivity contribution < 1.29 is 9.53 Å². The minimum Gasteiger partial charge on any atom is -0.383 e. The number of carbonyl (C=O) groups excluding carboxylic acids is 1. The van der Waals surface area contributed by atoms with E-state index in [-0.39, 0.29) is 5.91 Å². The Morgan fingerprint density at radius 1 is 1.53 bits per heavy atom. The van der Waals surface area contributed by atoms with Crippen LogP contribution in [0.15, 0.2) is 24.4 Å². The topological polar surface area (TPSA) is 80.5 Å². The van der Waals surface area contributed by atoms with Crippen molar-refractivity contribution in [1.82, 2.24) is 19.9 Å². The van der Waals surface area contributed by atoms with Gasteiger partial charge in [-0.2, -0.15) is 4.98 Å². The highest BCUT2D eigenvalue weighted by atomic mass is 16.5. The lowest BCUT2D eigenvalue weighted by Gasteiger charge is -2.12. The molecule has 0 aliphatic rings. The summed E-state index contributed by atoms with van der Waals surface area (Å²) in [6.07, 6.45) is 1.80. The maximum atomic E-state index is 11.7. The highest BCUT2D eigenvalue weighted by Gasteiger charge is 2.14. The van der Waals surface area contributed by atoms with E-state index >= 15 is 0 Å². The standard InChI is InChI=1S/C12H17N5O2/c1-9(11(18)13-6-8-19-2)14-12-15-10-5-3-4-7-17(10)16-12/h3-5,7,9H,6,8H2,1-2H3,(H,13,18)(H,14,16). The van der Waals surface area contributed by atoms with Crippen LogP contribution in [0, 0.1) is 0 Å². The molecule has 0 aliphatic carbocycles. The monoisotopic (exact) mass is 263 g/mol. The molecule has 2 aromatic rings. The summed E-state index contributed by atoms with van der Waals surface area (Å²) in [6, 6.07) is 5.19. The first-order valence-corrected chi connectivity index (χ1v) is 6.05. The number of amides is 1. The molecule has 0 aromatic carbocycles. The van der Waals surface area contributed by atoms with Crippen molar-refractivity contribution in [3.63, 3.8) is 0 Å². The quantitative estimate of drug-likeness (QED) is 0.732. The molecule has 7 nitrogen and oxygen atoms in total. The van der Waals surface area contributed by atoms with E-state index in [9.17, 15) is 4.79 Å². The van der Waals surface area contributed by atoms with Crippen molar-refractivity contribution >= 4 is 17.5 Å². The van der Waals surface area contributed by atoms with E-state index in [2.05, 4.69) is 20.7 Å². The highest BCUT2D eigenvalue weighted by Crippen LogP contribution is 2.05. The summed E-state index contributed by atoms with van der Waals surface area (Å²) in [5, 5.41) is 9.93. The van der Waals surface area contributed by atoms with Gasteiger partial charge in [-0.05, 0) is 19.1 Å². The Labute approximate surface area is 111 Å². The van der Waals surface area contributed by atoms with Crippen LogP contribution < -0.4 is 10.6 Å². The zero-order chi connectivity index (χ0) is 13.7. The van der Waals surface area contributed by atoms with Crippen LogP contribution >= 0.6 is 0 Å². The molecule has 0 saturated heterocycles. The third-order valence-electron chi connectivity index (χ3n) is 2.59. The molecule has 0 aliphatic heterocycles. The number of pyridine rings is 1. The predicted octanol–water partition coefficient (Wildman–Crippen LogP) is 0.292. The molecule has 2 heterocycles. The van der Waals surface area contributed by atoms with Gasteiger partial charge in [0.1, 0.15) is 6.04 Å². The van der Waals surface area contributed by atoms with Crippen LogP contribution in [0.4, 0.5) is 5.95 Å². The van der Waals surface area contributed by atoms with Crippen molar-refractivity contribution in [3.05, 3.63) is 24.4 Å². The number of nitrogens with zero attached hydrogens (tertiary/aromatic N) is 3. The number of carbonyl (C=O) groups is 1. The average molecular weight is 263 g/mol. The Morgan fingerprint density at radius 3 is 3.11 bits per heavy atom. The largest absolute Gasteiger partial charge is 0.383 e. The predicted molar refractivity (Wildman–Crippen MR) is 71.0 cm³/mol. The molecule has 0 saturated carbocycles. The molecule has 2 aromatic heterocycles. The maximum absolute atomic E-state index is 11.7. The van der Waals surface area contributed by atoms with Gasteiger partial charge in [0.2, 0.25) is 11.9 Å². The Morgan fingerprint density at radius 2 is 2.37 bits per heavy atom. The summed E-state index contributed by atoms with van der Waals surface area (Å²) < 4.78 is 6.52. The molecule has 0 radical (unpaired) electrons. The van der Waals surface area contributed by atoms with E-state index in [1.54, 1.807) is 24.7 Å². The number of hydrogen-bond donors (Lipinski definition) is 2. The van der Waals surface area contributed by atoms with Crippen LogP contribution in [0.1, 0.15) is 6.92 Å². The molecule has 0 fully saturated rings. The van der Waals surface area contributed by atoms with Crippen LogP contribution in [0.2, 0.25) is 0 Å². The van der Waals surface area contributed by atoms with Gasteiger partial charge in [-0.1, -0.05) is 6.07 Å². The molecule has 1 amide bonds. The van der Waals surface area contributed by atoms with Crippen molar-refractivity contribution in [1.29, 1.82) is 0 Å². The van der Waals surface area contributed by atoms with Gasteiger partial charge in [0.05, 0.1) is 6.61 Å². The van der Waals surface area contributed by atoms with Crippen molar-refractivity contribution in [3.8, 4) is 0 Å². The summed E-state index contributed by atoms with van der Waals surface area (Å²) in [5.41, 5.74) is 0.733.